The number of nitrogens with two attached hydrogens (primary N) is 1. The van der Waals surface area contributed by atoms with Crippen molar-refractivity contribution in [3.05, 3.63) is 36.5 Å². The minimum atomic E-state index is -0.725. The number of nitrogens with zero attached hydrogens (tertiary/aromatic N) is 1. The molecule has 1 amide bonds. The van der Waals surface area contributed by atoms with Crippen molar-refractivity contribution in [2.45, 2.75) is 37.6 Å². The lowest BCUT2D eigenvalue weighted by Crippen LogP contribution is -2.52. The van der Waals surface area contributed by atoms with Gasteiger partial charge in [-0.3, -0.25) is 4.79 Å². The van der Waals surface area contributed by atoms with Crippen molar-refractivity contribution in [3.63, 3.8) is 0 Å². The molecule has 118 valence electrons. The normalized spacial score (nSPS) is 16.6. The van der Waals surface area contributed by atoms with Gasteiger partial charge in [-0.2, -0.15) is 0 Å². The second kappa shape index (κ2) is 7.22. The fraction of sp³-hybridized carbons (Fsp3) is 0.375. The van der Waals surface area contributed by atoms with E-state index < -0.39 is 5.54 Å². The molecule has 0 bridgehead atoms. The number of nitrogens with one attached hydrogen (secondary N) is 1. The third-order valence-corrected chi connectivity index (χ3v) is 4.94. The highest BCUT2D eigenvalue weighted by molar-refractivity contribution is 7.19. The number of aromatic nitrogens is 1. The molecule has 1 fully saturated rings. The van der Waals surface area contributed by atoms with Gasteiger partial charge in [-0.1, -0.05) is 60.9 Å². The molecule has 0 saturated heterocycles. The summed E-state index contributed by atoms with van der Waals surface area (Å²) in [4.78, 5) is 17.7. The lowest BCUT2D eigenvalue weighted by molar-refractivity contribution is -0.122. The van der Waals surface area contributed by atoms with Gasteiger partial charge >= 0.3 is 0 Å². The van der Waals surface area contributed by atoms with E-state index in [2.05, 4.69) is 10.3 Å². The number of rotatable bonds is 3. The van der Waals surface area contributed by atoms with E-state index in [1.165, 1.54) is 17.8 Å². The number of hydrogen-bond acceptors (Lipinski definition) is 4. The Bertz CT molecular complexity index is 623. The van der Waals surface area contributed by atoms with E-state index >= 15 is 0 Å². The number of hydrogen-bond donors (Lipinski definition) is 2. The van der Waals surface area contributed by atoms with Gasteiger partial charge in [-0.05, 0) is 18.4 Å². The quantitative estimate of drug-likeness (QED) is 0.894. The van der Waals surface area contributed by atoms with Gasteiger partial charge in [0.05, 0.1) is 10.4 Å². The molecule has 4 nitrogen and oxygen atoms in total. The molecule has 6 heteroatoms. The van der Waals surface area contributed by atoms with Crippen LogP contribution in [0.5, 0.6) is 0 Å². The summed E-state index contributed by atoms with van der Waals surface area (Å²) in [5.41, 5.74) is 6.61. The molecular formula is C16H20ClN3OS. The van der Waals surface area contributed by atoms with Gasteiger partial charge < -0.3 is 11.1 Å². The average molecular weight is 338 g/mol. The third-order valence-electron chi connectivity index (χ3n) is 3.98. The first-order valence-electron chi connectivity index (χ1n) is 7.29. The van der Waals surface area contributed by atoms with Gasteiger partial charge in [0.25, 0.3) is 0 Å². The summed E-state index contributed by atoms with van der Waals surface area (Å²) in [6.45, 7) is 0. The summed E-state index contributed by atoms with van der Waals surface area (Å²) in [6, 6.07) is 10.0. The molecule has 0 aliphatic heterocycles. The molecule has 1 heterocycles. The molecule has 0 radical (unpaired) electrons. The van der Waals surface area contributed by atoms with Gasteiger partial charge in [-0.25, -0.2) is 4.98 Å². The molecule has 1 aliphatic carbocycles. The SMILES string of the molecule is Cl.NC1(C(=O)Nc2ncc(-c3ccccc3)s2)CCCCC1. The number of benzene rings is 1. The Hall–Kier alpha value is -1.43. The predicted molar refractivity (Wildman–Crippen MR) is 93.4 cm³/mol. The molecule has 1 aromatic heterocycles. The summed E-state index contributed by atoms with van der Waals surface area (Å²) in [7, 11) is 0. The first kappa shape index (κ1) is 16.9. The van der Waals surface area contributed by atoms with Crippen LogP contribution < -0.4 is 11.1 Å². The lowest BCUT2D eigenvalue weighted by atomic mass is 9.82. The molecule has 1 aliphatic rings. The molecule has 1 aromatic carbocycles. The molecule has 0 atom stereocenters. The molecule has 22 heavy (non-hydrogen) atoms. The maximum atomic E-state index is 12.4. The number of carbonyl (C=O) groups is 1. The maximum Gasteiger partial charge on any atom is 0.246 e. The van der Waals surface area contributed by atoms with Crippen LogP contribution in [0.25, 0.3) is 10.4 Å². The van der Waals surface area contributed by atoms with E-state index in [1.807, 2.05) is 30.3 Å². The highest BCUT2D eigenvalue weighted by atomic mass is 35.5. The lowest BCUT2D eigenvalue weighted by Gasteiger charge is -2.31. The van der Waals surface area contributed by atoms with Gasteiger partial charge in [-0.15, -0.1) is 12.4 Å². The van der Waals surface area contributed by atoms with Crippen molar-refractivity contribution in [3.8, 4) is 10.4 Å². The van der Waals surface area contributed by atoms with Crippen molar-refractivity contribution in [1.82, 2.24) is 4.98 Å². The number of thiazole rings is 1. The standard InChI is InChI=1S/C16H19N3OS.ClH/c17-16(9-5-2-6-10-16)14(20)19-15-18-11-13(21-15)12-7-3-1-4-8-12;/h1,3-4,7-8,11H,2,5-6,9-10,17H2,(H,18,19,20);1H. The number of anilines is 1. The Kier molecular flexibility index (Phi) is 5.56. The Morgan fingerprint density at radius 1 is 1.18 bits per heavy atom. The second-order valence-corrected chi connectivity index (χ2v) is 6.60. The van der Waals surface area contributed by atoms with E-state index in [1.54, 1.807) is 6.20 Å². The van der Waals surface area contributed by atoms with Crippen LogP contribution in [0.15, 0.2) is 36.5 Å². The Labute approximate surface area is 140 Å². The van der Waals surface area contributed by atoms with Crippen LogP contribution >= 0.6 is 23.7 Å². The van der Waals surface area contributed by atoms with Crippen molar-refractivity contribution in [2.75, 3.05) is 5.32 Å². The van der Waals surface area contributed by atoms with Crippen molar-refractivity contribution < 1.29 is 4.79 Å². The van der Waals surface area contributed by atoms with Crippen molar-refractivity contribution >= 4 is 34.8 Å². The van der Waals surface area contributed by atoms with Crippen LogP contribution in [-0.4, -0.2) is 16.4 Å². The summed E-state index contributed by atoms with van der Waals surface area (Å²) in [6.07, 6.45) is 6.53. The summed E-state index contributed by atoms with van der Waals surface area (Å²) >= 11 is 1.48. The van der Waals surface area contributed by atoms with Crippen molar-refractivity contribution in [1.29, 1.82) is 0 Å². The van der Waals surface area contributed by atoms with E-state index in [0.717, 1.165) is 36.1 Å². The van der Waals surface area contributed by atoms with Crippen LogP contribution in [-0.2, 0) is 4.79 Å². The fourth-order valence-electron chi connectivity index (χ4n) is 2.70. The van der Waals surface area contributed by atoms with Gasteiger partial charge in [0.2, 0.25) is 5.91 Å². The Morgan fingerprint density at radius 3 is 2.55 bits per heavy atom. The van der Waals surface area contributed by atoms with E-state index in [0.29, 0.717) is 5.13 Å². The average Bonchev–Trinajstić information content (AvgIpc) is 2.97. The molecule has 3 rings (SSSR count). The van der Waals surface area contributed by atoms with Crippen LogP contribution in [0, 0.1) is 0 Å². The maximum absolute atomic E-state index is 12.4. The van der Waals surface area contributed by atoms with Gasteiger partial charge in [0.1, 0.15) is 0 Å². The highest BCUT2D eigenvalue weighted by Gasteiger charge is 2.35. The zero-order chi connectivity index (χ0) is 14.7. The van der Waals surface area contributed by atoms with E-state index in [9.17, 15) is 4.79 Å². The van der Waals surface area contributed by atoms with Crippen molar-refractivity contribution in [2.24, 2.45) is 5.73 Å². The molecule has 0 spiro atoms. The highest BCUT2D eigenvalue weighted by Crippen LogP contribution is 2.31. The number of halogens is 1. The smallest absolute Gasteiger partial charge is 0.246 e. The molecule has 0 unspecified atom stereocenters. The summed E-state index contributed by atoms with van der Waals surface area (Å²) < 4.78 is 0. The second-order valence-electron chi connectivity index (χ2n) is 5.57. The third kappa shape index (κ3) is 3.66. The minimum Gasteiger partial charge on any atom is -0.317 e. The number of carbonyl (C=O) groups excluding carboxylic acids is 1. The van der Waals surface area contributed by atoms with Gasteiger partial charge in [0.15, 0.2) is 5.13 Å². The molecule has 2 aromatic rings. The Morgan fingerprint density at radius 2 is 1.86 bits per heavy atom. The van der Waals surface area contributed by atoms with E-state index in [-0.39, 0.29) is 18.3 Å². The minimum absolute atomic E-state index is 0. The fourth-order valence-corrected chi connectivity index (χ4v) is 3.52. The van der Waals surface area contributed by atoms with E-state index in [4.69, 9.17) is 5.73 Å². The topological polar surface area (TPSA) is 68.0 Å². The summed E-state index contributed by atoms with van der Waals surface area (Å²) in [5, 5.41) is 3.51. The zero-order valence-corrected chi connectivity index (χ0v) is 13.9. The molecule has 1 saturated carbocycles. The molecular weight excluding hydrogens is 318 g/mol. The summed E-state index contributed by atoms with van der Waals surface area (Å²) in [5.74, 6) is -0.101. The zero-order valence-electron chi connectivity index (χ0n) is 12.2. The van der Waals surface area contributed by atoms with Gasteiger partial charge in [0, 0.05) is 6.20 Å². The van der Waals surface area contributed by atoms with Crippen LogP contribution in [0.3, 0.4) is 0 Å². The number of amides is 1. The largest absolute Gasteiger partial charge is 0.317 e. The molecule has 3 N–H and O–H groups in total. The first-order chi connectivity index (χ1) is 10.2. The van der Waals surface area contributed by atoms with Crippen LogP contribution in [0.1, 0.15) is 32.1 Å². The Balaban J connectivity index is 0.00000176. The van der Waals surface area contributed by atoms with Crippen LogP contribution in [0.4, 0.5) is 5.13 Å². The predicted octanol–water partition coefficient (Wildman–Crippen LogP) is 3.83. The first-order valence-corrected chi connectivity index (χ1v) is 8.11. The van der Waals surface area contributed by atoms with Crippen LogP contribution in [0.2, 0.25) is 0 Å². The monoisotopic (exact) mass is 337 g/mol.